The lowest BCUT2D eigenvalue weighted by molar-refractivity contribution is -0.152. The van der Waals surface area contributed by atoms with Crippen LogP contribution in [0.1, 0.15) is 6.42 Å². The van der Waals surface area contributed by atoms with Gasteiger partial charge in [0, 0.05) is 5.75 Å². The van der Waals surface area contributed by atoms with Gasteiger partial charge >= 0.3 is 11.9 Å². The molecule has 0 radical (unpaired) electrons. The van der Waals surface area contributed by atoms with Gasteiger partial charge in [-0.25, -0.2) is 0 Å². The van der Waals surface area contributed by atoms with Crippen LogP contribution in [0.4, 0.5) is 0 Å². The number of thioether (sulfide) groups is 1. The normalized spacial score (nSPS) is 22.6. The number of carbonyl (C=O) groups is 2. The average Bonchev–Trinajstić information content (AvgIpc) is 2.40. The summed E-state index contributed by atoms with van der Waals surface area (Å²) in [6.07, 6.45) is -0.529. The first-order valence-corrected chi connectivity index (χ1v) is 6.92. The van der Waals surface area contributed by atoms with Gasteiger partial charge in [-0.3, -0.25) is 9.59 Å². The average molecular weight is 282 g/mol. The second-order valence-electron chi connectivity index (χ2n) is 4.10. The minimum Gasteiger partial charge on any atom is -0.490 e. The number of aliphatic carboxylic acids is 1. The van der Waals surface area contributed by atoms with E-state index in [0.717, 1.165) is 5.75 Å². The molecule has 0 saturated carbocycles. The molecule has 0 bridgehead atoms. The van der Waals surface area contributed by atoms with Gasteiger partial charge in [-0.15, -0.1) is 11.8 Å². The van der Waals surface area contributed by atoms with E-state index >= 15 is 0 Å². The highest BCUT2D eigenvalue weighted by molar-refractivity contribution is 8.00. The summed E-state index contributed by atoms with van der Waals surface area (Å²) < 4.78 is 10.7. The fraction of sp³-hybridized carbons (Fsp3) is 0.385. The summed E-state index contributed by atoms with van der Waals surface area (Å²) in [5.74, 6) is -0.193. The van der Waals surface area contributed by atoms with Crippen LogP contribution in [-0.2, 0) is 14.3 Å². The maximum absolute atomic E-state index is 11.6. The summed E-state index contributed by atoms with van der Waals surface area (Å²) in [5, 5.41) is 8.05. The predicted molar refractivity (Wildman–Crippen MR) is 70.3 cm³/mol. The molecular weight excluding hydrogens is 268 g/mol. The first-order chi connectivity index (χ1) is 9.15. The summed E-state index contributed by atoms with van der Waals surface area (Å²) in [4.78, 5) is 22.1. The van der Waals surface area contributed by atoms with Gasteiger partial charge in [0.25, 0.3) is 0 Å². The molecule has 1 saturated heterocycles. The minimum absolute atomic E-state index is 0.199. The number of benzene rings is 1. The van der Waals surface area contributed by atoms with Crippen LogP contribution in [0.25, 0.3) is 0 Å². The van der Waals surface area contributed by atoms with Gasteiger partial charge in [0.15, 0.2) is 0 Å². The van der Waals surface area contributed by atoms with Crippen LogP contribution in [0.5, 0.6) is 5.75 Å². The lowest BCUT2D eigenvalue weighted by Crippen LogP contribution is -2.38. The van der Waals surface area contributed by atoms with Crippen molar-refractivity contribution >= 4 is 23.7 Å². The number of carboxylic acid groups (broad SMARTS) is 1. The van der Waals surface area contributed by atoms with Crippen LogP contribution < -0.4 is 4.74 Å². The van der Waals surface area contributed by atoms with Gasteiger partial charge in [-0.2, -0.15) is 0 Å². The lowest BCUT2D eigenvalue weighted by atomic mass is 10.3. The summed E-state index contributed by atoms with van der Waals surface area (Å²) in [6.45, 7) is 0.280. The van der Waals surface area contributed by atoms with E-state index in [1.54, 1.807) is 0 Å². The Morgan fingerprint density at radius 1 is 1.42 bits per heavy atom. The largest absolute Gasteiger partial charge is 0.490 e. The van der Waals surface area contributed by atoms with E-state index in [0.29, 0.717) is 5.75 Å². The molecule has 0 aliphatic carbocycles. The number of carboxylic acids is 1. The van der Waals surface area contributed by atoms with Gasteiger partial charge in [-0.1, -0.05) is 18.2 Å². The third kappa shape index (κ3) is 4.17. The molecule has 1 N–H and O–H groups in total. The van der Waals surface area contributed by atoms with Gasteiger partial charge in [-0.05, 0) is 12.1 Å². The summed E-state index contributed by atoms with van der Waals surface area (Å²) in [7, 11) is 0. The van der Waals surface area contributed by atoms with Crippen molar-refractivity contribution in [3.05, 3.63) is 30.3 Å². The smallest absolute Gasteiger partial charge is 0.320 e. The summed E-state index contributed by atoms with van der Waals surface area (Å²) in [5.41, 5.74) is 0. The Kier molecular flexibility index (Phi) is 4.68. The van der Waals surface area contributed by atoms with Crippen LogP contribution in [0.15, 0.2) is 30.3 Å². The number of hydrogen-bond donors (Lipinski definition) is 1. The predicted octanol–water partition coefficient (Wildman–Crippen LogP) is 1.57. The van der Waals surface area contributed by atoms with Gasteiger partial charge in [0.05, 0.1) is 6.42 Å². The third-order valence-electron chi connectivity index (χ3n) is 2.57. The van der Waals surface area contributed by atoms with Crippen molar-refractivity contribution in [1.82, 2.24) is 0 Å². The highest BCUT2D eigenvalue weighted by Crippen LogP contribution is 2.25. The number of rotatable bonds is 5. The number of hydrogen-bond acceptors (Lipinski definition) is 5. The number of carbonyl (C=O) groups excluding carboxylic acids is 1. The summed E-state index contributed by atoms with van der Waals surface area (Å²) >= 11 is 1.31. The van der Waals surface area contributed by atoms with Crippen LogP contribution in [0.2, 0.25) is 0 Å². The SMILES string of the molecule is O=C(O)CC1SCC(COc2ccccc2)OC1=O. The van der Waals surface area contributed by atoms with Gasteiger partial charge in [0.1, 0.15) is 23.7 Å². The van der Waals surface area contributed by atoms with Crippen molar-refractivity contribution in [2.75, 3.05) is 12.4 Å². The zero-order valence-electron chi connectivity index (χ0n) is 10.2. The quantitative estimate of drug-likeness (QED) is 0.826. The Bertz CT molecular complexity index is 448. The molecule has 1 fully saturated rings. The first-order valence-electron chi connectivity index (χ1n) is 5.87. The Labute approximate surface area is 114 Å². The van der Waals surface area contributed by atoms with Crippen LogP contribution in [0.3, 0.4) is 0 Å². The van der Waals surface area contributed by atoms with Crippen LogP contribution >= 0.6 is 11.8 Å². The van der Waals surface area contributed by atoms with E-state index in [9.17, 15) is 9.59 Å². The van der Waals surface area contributed by atoms with E-state index in [4.69, 9.17) is 14.6 Å². The van der Waals surface area contributed by atoms with Gasteiger partial charge in [0.2, 0.25) is 0 Å². The first kappa shape index (κ1) is 13.7. The monoisotopic (exact) mass is 282 g/mol. The topological polar surface area (TPSA) is 72.8 Å². The standard InChI is InChI=1S/C13H14O5S/c14-12(15)6-11-13(16)18-10(8-19-11)7-17-9-4-2-1-3-5-9/h1-5,10-11H,6-8H2,(H,14,15). The molecule has 1 aliphatic heterocycles. The fourth-order valence-corrected chi connectivity index (χ4v) is 2.72. The molecule has 0 aromatic heterocycles. The second kappa shape index (κ2) is 6.47. The fourth-order valence-electron chi connectivity index (χ4n) is 1.65. The maximum atomic E-state index is 11.6. The Balaban J connectivity index is 1.79. The Morgan fingerprint density at radius 3 is 2.79 bits per heavy atom. The van der Waals surface area contributed by atoms with Gasteiger partial charge < -0.3 is 14.6 Å². The zero-order chi connectivity index (χ0) is 13.7. The minimum atomic E-state index is -0.992. The Hall–Kier alpha value is -1.69. The lowest BCUT2D eigenvalue weighted by Gasteiger charge is -2.26. The molecule has 19 heavy (non-hydrogen) atoms. The molecule has 0 amide bonds. The molecule has 6 heteroatoms. The molecule has 2 atom stereocenters. The molecule has 1 aromatic rings. The number of para-hydroxylation sites is 1. The van der Waals surface area contributed by atoms with Crippen molar-refractivity contribution in [1.29, 1.82) is 0 Å². The van der Waals surface area contributed by atoms with E-state index in [1.807, 2.05) is 30.3 Å². The number of cyclic esters (lactones) is 1. The molecule has 1 aliphatic rings. The molecule has 2 rings (SSSR count). The van der Waals surface area contributed by atoms with Crippen LogP contribution in [0, 0.1) is 0 Å². The van der Waals surface area contributed by atoms with E-state index in [2.05, 4.69) is 0 Å². The molecule has 2 unspecified atom stereocenters. The van der Waals surface area contributed by atoms with Crippen molar-refractivity contribution in [3.8, 4) is 5.75 Å². The summed E-state index contributed by atoms with van der Waals surface area (Å²) in [6, 6.07) is 9.26. The molecule has 0 spiro atoms. The van der Waals surface area contributed by atoms with E-state index < -0.39 is 17.2 Å². The second-order valence-corrected chi connectivity index (χ2v) is 5.34. The zero-order valence-corrected chi connectivity index (χ0v) is 11.0. The third-order valence-corrected chi connectivity index (χ3v) is 3.89. The van der Waals surface area contributed by atoms with E-state index in [-0.39, 0.29) is 19.1 Å². The Morgan fingerprint density at radius 2 is 2.16 bits per heavy atom. The molecule has 102 valence electrons. The van der Waals surface area contributed by atoms with E-state index in [1.165, 1.54) is 11.8 Å². The molecule has 1 aromatic carbocycles. The molecule has 5 nitrogen and oxygen atoms in total. The molecule has 1 heterocycles. The van der Waals surface area contributed by atoms with Crippen molar-refractivity contribution < 1.29 is 24.2 Å². The molecular formula is C13H14O5S. The number of esters is 1. The number of ether oxygens (including phenoxy) is 2. The highest BCUT2D eigenvalue weighted by atomic mass is 32.2. The maximum Gasteiger partial charge on any atom is 0.320 e. The highest BCUT2D eigenvalue weighted by Gasteiger charge is 2.32. The van der Waals surface area contributed by atoms with Crippen molar-refractivity contribution in [2.24, 2.45) is 0 Å². The van der Waals surface area contributed by atoms with Crippen molar-refractivity contribution in [3.63, 3.8) is 0 Å². The van der Waals surface area contributed by atoms with Crippen molar-refractivity contribution in [2.45, 2.75) is 17.8 Å². The van der Waals surface area contributed by atoms with Crippen LogP contribution in [-0.4, -0.2) is 40.8 Å².